The second-order valence-electron chi connectivity index (χ2n) is 13.2. The minimum Gasteiger partial charge on any atom is -0.497 e. The van der Waals surface area contributed by atoms with E-state index >= 15 is 0 Å². The molecule has 3 N–H and O–H groups in total. The Balaban J connectivity index is 0.00000101. The number of aliphatic carboxylic acids is 1. The predicted molar refractivity (Wildman–Crippen MR) is 168 cm³/mol. The first kappa shape index (κ1) is 34.7. The van der Waals surface area contributed by atoms with Crippen LogP contribution in [-0.2, 0) is 4.79 Å². The van der Waals surface area contributed by atoms with Gasteiger partial charge in [-0.2, -0.15) is 8.78 Å². The fourth-order valence-electron chi connectivity index (χ4n) is 5.90. The number of benzene rings is 1. The zero-order valence-electron chi connectivity index (χ0n) is 26.6. The molecule has 1 saturated heterocycles. The summed E-state index contributed by atoms with van der Waals surface area (Å²) in [5.74, 6) is -4.35. The van der Waals surface area contributed by atoms with Crippen LogP contribution in [-0.4, -0.2) is 84.6 Å². The molecule has 0 bridgehead atoms. The lowest BCUT2D eigenvalue weighted by molar-refractivity contribution is -0.138. The number of carbonyl (C=O) groups excluding carboxylic acids is 1. The Hall–Kier alpha value is -3.61. The van der Waals surface area contributed by atoms with Crippen LogP contribution in [0.4, 0.5) is 23.2 Å². The molecule has 1 aromatic heterocycles. The van der Waals surface area contributed by atoms with Gasteiger partial charge in [-0.1, -0.05) is 0 Å². The number of ether oxygens (including phenoxy) is 2. The van der Waals surface area contributed by atoms with Gasteiger partial charge in [-0.3, -0.25) is 9.59 Å². The van der Waals surface area contributed by atoms with Gasteiger partial charge in [0.05, 0.1) is 37.9 Å². The molecule has 0 spiro atoms. The van der Waals surface area contributed by atoms with Crippen LogP contribution < -0.4 is 20.1 Å². The van der Waals surface area contributed by atoms with E-state index in [0.717, 1.165) is 36.1 Å². The van der Waals surface area contributed by atoms with Crippen molar-refractivity contribution < 1.29 is 41.7 Å². The van der Waals surface area contributed by atoms with Crippen molar-refractivity contribution >= 4 is 17.6 Å². The SMILES string of the molecule is COc1ccc(C(=O)N(CC(F)(F)C(F)F)C2CC2)c(N2CCC(COc3cc(C(CC(=O)O)C4CC4)ccn3)CC2)c1.NC1CC1. The Bertz CT molecular complexity index is 1380. The van der Waals surface area contributed by atoms with Crippen molar-refractivity contribution in [2.45, 2.75) is 88.1 Å². The molecule has 258 valence electrons. The molecule has 2 aromatic rings. The second-order valence-corrected chi connectivity index (χ2v) is 13.2. The Morgan fingerprint density at radius 1 is 1.06 bits per heavy atom. The lowest BCUT2D eigenvalue weighted by atomic mass is 9.92. The monoisotopic (exact) mass is 664 g/mol. The summed E-state index contributed by atoms with van der Waals surface area (Å²) in [7, 11) is 1.49. The fourth-order valence-corrected chi connectivity index (χ4v) is 5.90. The molecule has 6 rings (SSSR count). The van der Waals surface area contributed by atoms with Gasteiger partial charge in [0.2, 0.25) is 5.88 Å². The molecule has 4 aliphatic rings. The summed E-state index contributed by atoms with van der Waals surface area (Å²) >= 11 is 0. The highest BCUT2D eigenvalue weighted by atomic mass is 19.3. The van der Waals surface area contributed by atoms with E-state index in [9.17, 15) is 32.3 Å². The topological polar surface area (TPSA) is 118 Å². The number of halogens is 4. The number of aromatic nitrogens is 1. The highest BCUT2D eigenvalue weighted by Gasteiger charge is 2.47. The van der Waals surface area contributed by atoms with Crippen LogP contribution in [0.15, 0.2) is 36.5 Å². The molecule has 1 atom stereocenters. The van der Waals surface area contributed by atoms with E-state index in [0.29, 0.717) is 61.8 Å². The summed E-state index contributed by atoms with van der Waals surface area (Å²) in [6.07, 6.45) is 4.89. The van der Waals surface area contributed by atoms with E-state index in [4.69, 9.17) is 15.2 Å². The van der Waals surface area contributed by atoms with E-state index in [2.05, 4.69) is 4.98 Å². The van der Waals surface area contributed by atoms with Crippen LogP contribution in [0, 0.1) is 11.8 Å². The largest absolute Gasteiger partial charge is 0.497 e. The van der Waals surface area contributed by atoms with Gasteiger partial charge in [0.25, 0.3) is 5.91 Å². The number of rotatable bonds is 14. The van der Waals surface area contributed by atoms with Crippen molar-refractivity contribution in [2.75, 3.05) is 38.3 Å². The molecule has 4 fully saturated rings. The predicted octanol–water partition coefficient (Wildman–Crippen LogP) is 5.97. The Morgan fingerprint density at radius 3 is 2.30 bits per heavy atom. The zero-order valence-corrected chi connectivity index (χ0v) is 26.6. The van der Waals surface area contributed by atoms with E-state index in [-0.39, 0.29) is 23.8 Å². The van der Waals surface area contributed by atoms with Gasteiger partial charge in [-0.05, 0) is 92.9 Å². The number of anilines is 1. The zero-order chi connectivity index (χ0) is 33.7. The lowest BCUT2D eigenvalue weighted by Gasteiger charge is -2.35. The maximum absolute atomic E-state index is 14.0. The van der Waals surface area contributed by atoms with Gasteiger partial charge < -0.3 is 30.1 Å². The van der Waals surface area contributed by atoms with Gasteiger partial charge in [-0.15, -0.1) is 0 Å². The maximum Gasteiger partial charge on any atom is 0.324 e. The number of amides is 1. The van der Waals surface area contributed by atoms with Crippen LogP contribution in [0.2, 0.25) is 0 Å². The van der Waals surface area contributed by atoms with Gasteiger partial charge in [0.1, 0.15) is 5.75 Å². The van der Waals surface area contributed by atoms with Gasteiger partial charge in [-0.25, -0.2) is 13.8 Å². The first-order chi connectivity index (χ1) is 22.4. The molecule has 3 aliphatic carbocycles. The highest BCUT2D eigenvalue weighted by molar-refractivity contribution is 6.00. The number of nitrogens with zero attached hydrogens (tertiary/aromatic N) is 3. The molecular formula is C34H44F4N4O5. The molecule has 1 unspecified atom stereocenters. The Kier molecular flexibility index (Phi) is 11.1. The first-order valence-electron chi connectivity index (χ1n) is 16.4. The van der Waals surface area contributed by atoms with E-state index in [1.165, 1.54) is 26.0 Å². The van der Waals surface area contributed by atoms with E-state index in [1.807, 2.05) is 17.0 Å². The van der Waals surface area contributed by atoms with Gasteiger partial charge in [0, 0.05) is 43.5 Å². The molecule has 47 heavy (non-hydrogen) atoms. The second kappa shape index (κ2) is 15.1. The number of hydrogen-bond donors (Lipinski definition) is 2. The van der Waals surface area contributed by atoms with Crippen molar-refractivity contribution in [3.05, 3.63) is 47.7 Å². The number of pyridine rings is 1. The summed E-state index contributed by atoms with van der Waals surface area (Å²) in [5, 5.41) is 9.33. The van der Waals surface area contributed by atoms with Crippen molar-refractivity contribution in [2.24, 2.45) is 17.6 Å². The molecule has 1 aromatic carbocycles. The number of carbonyl (C=O) groups is 2. The number of methoxy groups -OCH3 is 1. The standard InChI is InChI=1S/C31H37F4N3O5.C3H7N/c1-42-23-6-7-24(29(41)38(22-4-5-22)18-31(34,35)30(32)33)26(15-23)37-12-9-19(10-13-37)17-43-27-14-21(8-11-36-27)25(16-28(39)40)20-2-3-20;4-3-1-2-3/h6-8,11,14-15,19-20,22,25,30H,2-5,9-10,12-13,16-18H2,1H3,(H,39,40);3H,1-2,4H2. The third kappa shape index (κ3) is 9.71. The van der Waals surface area contributed by atoms with Gasteiger partial charge >= 0.3 is 18.3 Å². The van der Waals surface area contributed by atoms with Crippen molar-refractivity contribution in [3.63, 3.8) is 0 Å². The normalized spacial score (nSPS) is 19.1. The number of hydrogen-bond acceptors (Lipinski definition) is 7. The molecule has 3 saturated carbocycles. The molecule has 0 radical (unpaired) electrons. The quantitative estimate of drug-likeness (QED) is 0.238. The molecule has 1 aliphatic heterocycles. The minimum absolute atomic E-state index is 0.0525. The third-order valence-corrected chi connectivity index (χ3v) is 9.20. The first-order valence-corrected chi connectivity index (χ1v) is 16.4. The summed E-state index contributed by atoms with van der Waals surface area (Å²) in [4.78, 5) is 32.1. The number of piperidine rings is 1. The Morgan fingerprint density at radius 2 is 1.74 bits per heavy atom. The molecule has 1 amide bonds. The van der Waals surface area contributed by atoms with Crippen LogP contribution in [0.3, 0.4) is 0 Å². The smallest absolute Gasteiger partial charge is 0.324 e. The third-order valence-electron chi connectivity index (χ3n) is 9.20. The van der Waals surface area contributed by atoms with Crippen molar-refractivity contribution in [1.82, 2.24) is 9.88 Å². The molecule has 2 heterocycles. The summed E-state index contributed by atoms with van der Waals surface area (Å²) in [5.41, 5.74) is 6.85. The van der Waals surface area contributed by atoms with Crippen molar-refractivity contribution in [3.8, 4) is 11.6 Å². The molecule has 13 heteroatoms. The summed E-state index contributed by atoms with van der Waals surface area (Å²) < 4.78 is 65.4. The highest BCUT2D eigenvalue weighted by Crippen LogP contribution is 2.45. The summed E-state index contributed by atoms with van der Waals surface area (Å²) in [6, 6.07) is 8.55. The van der Waals surface area contributed by atoms with Crippen LogP contribution >= 0.6 is 0 Å². The van der Waals surface area contributed by atoms with Gasteiger partial charge in [0.15, 0.2) is 0 Å². The molecule has 9 nitrogen and oxygen atoms in total. The average Bonchev–Trinajstić information content (AvgIpc) is 3.90. The lowest BCUT2D eigenvalue weighted by Crippen LogP contribution is -2.46. The number of alkyl halides is 4. The van der Waals surface area contributed by atoms with Crippen LogP contribution in [0.1, 0.15) is 79.6 Å². The number of carboxylic acids is 1. The number of nitrogens with two attached hydrogens (primary N) is 1. The summed E-state index contributed by atoms with van der Waals surface area (Å²) in [6.45, 7) is 0.216. The number of carboxylic acid groups (broad SMARTS) is 1. The minimum atomic E-state index is -4.30. The average molecular weight is 665 g/mol. The van der Waals surface area contributed by atoms with Crippen LogP contribution in [0.5, 0.6) is 11.6 Å². The van der Waals surface area contributed by atoms with Crippen LogP contribution in [0.25, 0.3) is 0 Å². The molecular weight excluding hydrogens is 620 g/mol. The fraction of sp³-hybridized carbons (Fsp3) is 0.618. The van der Waals surface area contributed by atoms with E-state index in [1.54, 1.807) is 18.3 Å². The Labute approximate surface area is 272 Å². The maximum atomic E-state index is 14.0. The van der Waals surface area contributed by atoms with E-state index < -0.39 is 36.8 Å². The van der Waals surface area contributed by atoms with Crippen molar-refractivity contribution in [1.29, 1.82) is 0 Å².